The molecule has 2 atom stereocenters. The molecule has 1 rings (SSSR count). The van der Waals surface area contributed by atoms with Gasteiger partial charge in [0.15, 0.2) is 0 Å². The summed E-state index contributed by atoms with van der Waals surface area (Å²) in [7, 11) is 0. The molecule has 1 heterocycles. The average molecular weight is 260 g/mol. The maximum Gasteiger partial charge on any atom is 0.305 e. The molecule has 0 aliphatic carbocycles. The molecule has 5 nitrogen and oxygen atoms in total. The van der Waals surface area contributed by atoms with Crippen molar-refractivity contribution >= 4 is 23.6 Å². The van der Waals surface area contributed by atoms with Crippen LogP contribution < -0.4 is 5.73 Å². The highest BCUT2D eigenvalue weighted by Gasteiger charge is 2.31. The van der Waals surface area contributed by atoms with Crippen LogP contribution in [0.25, 0.3) is 0 Å². The van der Waals surface area contributed by atoms with E-state index in [1.807, 2.05) is 6.92 Å². The predicted octanol–water partition coefficient (Wildman–Crippen LogP) is 0.532. The number of thioether (sulfide) groups is 1. The monoisotopic (exact) mass is 260 g/mol. The van der Waals surface area contributed by atoms with Gasteiger partial charge in [-0.2, -0.15) is 11.8 Å². The van der Waals surface area contributed by atoms with Crippen LogP contribution >= 0.6 is 11.8 Å². The Kier molecular flexibility index (Phi) is 5.77. The molecule has 1 aliphatic heterocycles. The minimum atomic E-state index is -0.862. The molecule has 98 valence electrons. The summed E-state index contributed by atoms with van der Waals surface area (Å²) in [5, 5.41) is 8.83. The third kappa shape index (κ3) is 4.20. The highest BCUT2D eigenvalue weighted by atomic mass is 32.2. The third-order valence-electron chi connectivity index (χ3n) is 2.84. The van der Waals surface area contributed by atoms with Crippen LogP contribution in [0.15, 0.2) is 0 Å². The zero-order valence-corrected chi connectivity index (χ0v) is 10.9. The fourth-order valence-corrected chi connectivity index (χ4v) is 3.03. The first-order chi connectivity index (χ1) is 8.06. The Morgan fingerprint density at radius 1 is 1.59 bits per heavy atom. The van der Waals surface area contributed by atoms with Gasteiger partial charge in [0.1, 0.15) is 0 Å². The fraction of sp³-hybridized carbons (Fsp3) is 0.818. The highest BCUT2D eigenvalue weighted by molar-refractivity contribution is 7.99. The van der Waals surface area contributed by atoms with E-state index in [4.69, 9.17) is 10.8 Å². The molecule has 1 amide bonds. The Labute approximate surface area is 106 Å². The van der Waals surface area contributed by atoms with E-state index in [0.717, 1.165) is 12.2 Å². The van der Waals surface area contributed by atoms with Gasteiger partial charge in [-0.15, -0.1) is 0 Å². The maximum absolute atomic E-state index is 12.1. The molecule has 0 aromatic heterocycles. The van der Waals surface area contributed by atoms with E-state index in [2.05, 4.69) is 0 Å². The van der Waals surface area contributed by atoms with Crippen molar-refractivity contribution in [3.63, 3.8) is 0 Å². The average Bonchev–Trinajstić information content (AvgIpc) is 2.28. The Hall–Kier alpha value is -0.750. The summed E-state index contributed by atoms with van der Waals surface area (Å²) in [5.41, 5.74) is 5.81. The number of carbonyl (C=O) groups is 2. The van der Waals surface area contributed by atoms with Gasteiger partial charge in [-0.25, -0.2) is 0 Å². The molecular formula is C11H20N2O3S. The van der Waals surface area contributed by atoms with Crippen LogP contribution in [0.2, 0.25) is 0 Å². The van der Waals surface area contributed by atoms with Crippen LogP contribution in [0.1, 0.15) is 26.2 Å². The van der Waals surface area contributed by atoms with Crippen LogP contribution in [-0.2, 0) is 9.59 Å². The van der Waals surface area contributed by atoms with Crippen LogP contribution in [0.3, 0.4) is 0 Å². The molecule has 1 fully saturated rings. The number of nitrogens with zero attached hydrogens (tertiary/aromatic N) is 1. The molecule has 17 heavy (non-hydrogen) atoms. The van der Waals surface area contributed by atoms with Gasteiger partial charge >= 0.3 is 5.97 Å². The third-order valence-corrected chi connectivity index (χ3v) is 3.93. The highest BCUT2D eigenvalue weighted by Crippen LogP contribution is 2.20. The second-order valence-electron chi connectivity index (χ2n) is 4.25. The van der Waals surface area contributed by atoms with Crippen LogP contribution in [0.4, 0.5) is 0 Å². The van der Waals surface area contributed by atoms with Gasteiger partial charge in [-0.1, -0.05) is 13.3 Å². The summed E-state index contributed by atoms with van der Waals surface area (Å²) in [4.78, 5) is 24.5. The van der Waals surface area contributed by atoms with Gasteiger partial charge in [0.25, 0.3) is 0 Å². The van der Waals surface area contributed by atoms with Crippen molar-refractivity contribution in [2.75, 3.05) is 18.1 Å². The lowest BCUT2D eigenvalue weighted by Crippen LogP contribution is -2.52. The van der Waals surface area contributed by atoms with Crippen molar-refractivity contribution < 1.29 is 14.7 Å². The van der Waals surface area contributed by atoms with Crippen molar-refractivity contribution in [2.45, 2.75) is 38.3 Å². The number of carbonyl (C=O) groups excluding carboxylic acids is 1. The molecule has 1 saturated heterocycles. The van der Waals surface area contributed by atoms with E-state index in [-0.39, 0.29) is 18.4 Å². The van der Waals surface area contributed by atoms with E-state index in [1.165, 1.54) is 0 Å². The molecule has 1 aliphatic rings. The Balaban J connectivity index is 2.63. The number of hydrogen-bond donors (Lipinski definition) is 2. The van der Waals surface area contributed by atoms with Gasteiger partial charge in [0.2, 0.25) is 5.91 Å². The zero-order chi connectivity index (χ0) is 12.8. The number of nitrogens with two attached hydrogens (primary N) is 1. The molecule has 0 bridgehead atoms. The lowest BCUT2D eigenvalue weighted by molar-refractivity contribution is -0.140. The second kappa shape index (κ2) is 6.86. The molecular weight excluding hydrogens is 240 g/mol. The minimum absolute atomic E-state index is 0.0115. The van der Waals surface area contributed by atoms with Gasteiger partial charge in [0.05, 0.1) is 18.5 Å². The Bertz CT molecular complexity index is 286. The topological polar surface area (TPSA) is 83.6 Å². The molecule has 0 spiro atoms. The summed E-state index contributed by atoms with van der Waals surface area (Å²) in [6, 6.07) is -0.693. The van der Waals surface area contributed by atoms with E-state index in [9.17, 15) is 9.59 Å². The van der Waals surface area contributed by atoms with Crippen molar-refractivity contribution in [2.24, 2.45) is 5.73 Å². The molecule has 0 radical (unpaired) electrons. The number of rotatable bonds is 5. The second-order valence-corrected chi connectivity index (χ2v) is 5.40. The van der Waals surface area contributed by atoms with Gasteiger partial charge < -0.3 is 15.7 Å². The SMILES string of the molecule is CCCC(N)C(=O)N1CCSCC1CC(=O)O. The van der Waals surface area contributed by atoms with E-state index < -0.39 is 12.0 Å². The van der Waals surface area contributed by atoms with Gasteiger partial charge in [-0.05, 0) is 6.42 Å². The van der Waals surface area contributed by atoms with Crippen LogP contribution in [0.5, 0.6) is 0 Å². The first-order valence-electron chi connectivity index (χ1n) is 5.91. The molecule has 6 heteroatoms. The number of carboxylic acid groups (broad SMARTS) is 1. The number of hydrogen-bond acceptors (Lipinski definition) is 4. The Morgan fingerprint density at radius 2 is 2.29 bits per heavy atom. The van der Waals surface area contributed by atoms with Gasteiger partial charge in [-0.3, -0.25) is 9.59 Å². The van der Waals surface area contributed by atoms with Crippen molar-refractivity contribution in [1.82, 2.24) is 4.90 Å². The van der Waals surface area contributed by atoms with Crippen molar-refractivity contribution in [1.29, 1.82) is 0 Å². The van der Waals surface area contributed by atoms with Crippen molar-refractivity contribution in [3.8, 4) is 0 Å². The molecule has 0 saturated carbocycles. The number of carboxylic acids is 1. The smallest absolute Gasteiger partial charge is 0.305 e. The quantitative estimate of drug-likeness (QED) is 0.753. The summed E-state index contributed by atoms with van der Waals surface area (Å²) in [5.74, 6) is 0.593. The van der Waals surface area contributed by atoms with Crippen LogP contribution in [-0.4, -0.2) is 52.0 Å². The van der Waals surface area contributed by atoms with E-state index >= 15 is 0 Å². The summed E-state index contributed by atoms with van der Waals surface area (Å²) in [6.45, 7) is 2.59. The number of amides is 1. The summed E-state index contributed by atoms with van der Waals surface area (Å²) < 4.78 is 0. The molecule has 3 N–H and O–H groups in total. The van der Waals surface area contributed by atoms with Crippen LogP contribution in [0, 0.1) is 0 Å². The number of aliphatic carboxylic acids is 1. The lowest BCUT2D eigenvalue weighted by atomic mass is 10.1. The first-order valence-corrected chi connectivity index (χ1v) is 7.07. The minimum Gasteiger partial charge on any atom is -0.481 e. The molecule has 0 aromatic rings. The van der Waals surface area contributed by atoms with E-state index in [0.29, 0.717) is 18.7 Å². The van der Waals surface area contributed by atoms with Gasteiger partial charge in [0, 0.05) is 18.1 Å². The maximum atomic E-state index is 12.1. The lowest BCUT2D eigenvalue weighted by Gasteiger charge is -2.36. The molecule has 0 aromatic carbocycles. The zero-order valence-electron chi connectivity index (χ0n) is 10.1. The predicted molar refractivity (Wildman–Crippen MR) is 68.0 cm³/mol. The van der Waals surface area contributed by atoms with E-state index in [1.54, 1.807) is 16.7 Å². The standard InChI is InChI=1S/C11H20N2O3S/c1-2-3-9(12)11(16)13-4-5-17-7-8(13)6-10(14)15/h8-9H,2-7,12H2,1H3,(H,14,15). The Morgan fingerprint density at radius 3 is 2.88 bits per heavy atom. The fourth-order valence-electron chi connectivity index (χ4n) is 1.96. The normalized spacial score (nSPS) is 22.2. The molecule has 2 unspecified atom stereocenters. The van der Waals surface area contributed by atoms with Crippen molar-refractivity contribution in [3.05, 3.63) is 0 Å². The first kappa shape index (κ1) is 14.3. The summed E-state index contributed by atoms with van der Waals surface area (Å²) >= 11 is 1.69. The largest absolute Gasteiger partial charge is 0.481 e. The summed E-state index contributed by atoms with van der Waals surface area (Å²) in [6.07, 6.45) is 1.53.